The number of ether oxygens (including phenoxy) is 2. The molecule has 0 bridgehead atoms. The predicted octanol–water partition coefficient (Wildman–Crippen LogP) is 3.22. The molecule has 0 aliphatic heterocycles. The van der Waals surface area contributed by atoms with Crippen molar-refractivity contribution in [2.24, 2.45) is 0 Å². The topological polar surface area (TPSA) is 64.6 Å². The zero-order valence-electron chi connectivity index (χ0n) is 14.0. The minimum Gasteiger partial charge on any atom is -0.492 e. The van der Waals surface area contributed by atoms with Gasteiger partial charge < -0.3 is 9.47 Å². The van der Waals surface area contributed by atoms with E-state index in [-0.39, 0.29) is 31.3 Å². The van der Waals surface area contributed by atoms with Crippen LogP contribution in [-0.2, 0) is 16.2 Å². The fraction of sp³-hybridized carbons (Fsp3) is 0.294. The molecule has 0 aliphatic rings. The highest BCUT2D eigenvalue weighted by Gasteiger charge is 2.30. The van der Waals surface area contributed by atoms with Crippen LogP contribution in [0, 0.1) is 5.82 Å². The Morgan fingerprint density at radius 2 is 1.59 bits per heavy atom. The number of hydrogen-bond acceptors (Lipinski definition) is 4. The van der Waals surface area contributed by atoms with Gasteiger partial charge in [-0.2, -0.15) is 13.2 Å². The molecular formula is C17H17F4NO4S. The van der Waals surface area contributed by atoms with Crippen molar-refractivity contribution in [3.8, 4) is 11.5 Å². The lowest BCUT2D eigenvalue weighted by Crippen LogP contribution is -2.32. The number of alkyl halides is 3. The fourth-order valence-corrected chi connectivity index (χ4v) is 2.84. The maximum atomic E-state index is 12.7. The number of rotatable bonds is 9. The van der Waals surface area contributed by atoms with Gasteiger partial charge in [-0.3, -0.25) is 0 Å². The smallest absolute Gasteiger partial charge is 0.416 e. The van der Waals surface area contributed by atoms with E-state index in [4.69, 9.17) is 9.47 Å². The third-order valence-corrected chi connectivity index (χ3v) is 4.64. The van der Waals surface area contributed by atoms with Crippen LogP contribution in [0.5, 0.6) is 11.5 Å². The SMILES string of the molecule is O=S(=O)(CCOc1ccc(F)cc1)NCCOc1cccc(C(F)(F)F)c1. The average molecular weight is 407 g/mol. The molecule has 0 heterocycles. The third kappa shape index (κ3) is 7.43. The molecular weight excluding hydrogens is 390 g/mol. The zero-order chi connectivity index (χ0) is 19.9. The van der Waals surface area contributed by atoms with E-state index < -0.39 is 27.6 Å². The molecule has 0 fully saturated rings. The predicted molar refractivity (Wildman–Crippen MR) is 90.6 cm³/mol. The molecule has 2 aromatic carbocycles. The van der Waals surface area contributed by atoms with Crippen molar-refractivity contribution < 1.29 is 35.5 Å². The Morgan fingerprint density at radius 1 is 0.926 bits per heavy atom. The van der Waals surface area contributed by atoms with E-state index in [1.807, 2.05) is 0 Å². The molecule has 5 nitrogen and oxygen atoms in total. The number of benzene rings is 2. The van der Waals surface area contributed by atoms with E-state index in [1.165, 1.54) is 36.4 Å². The Hall–Kier alpha value is -2.33. The maximum Gasteiger partial charge on any atom is 0.416 e. The molecule has 0 saturated heterocycles. The summed E-state index contributed by atoms with van der Waals surface area (Å²) in [4.78, 5) is 0. The normalized spacial score (nSPS) is 12.0. The lowest BCUT2D eigenvalue weighted by Gasteiger charge is -2.11. The molecule has 10 heteroatoms. The highest BCUT2D eigenvalue weighted by atomic mass is 32.2. The van der Waals surface area contributed by atoms with Gasteiger partial charge in [0.15, 0.2) is 0 Å². The summed E-state index contributed by atoms with van der Waals surface area (Å²) in [6, 6.07) is 9.42. The van der Waals surface area contributed by atoms with E-state index in [0.29, 0.717) is 5.75 Å². The summed E-state index contributed by atoms with van der Waals surface area (Å²) in [7, 11) is -3.65. The maximum absolute atomic E-state index is 12.7. The van der Waals surface area contributed by atoms with Gasteiger partial charge in [-0.1, -0.05) is 6.07 Å². The summed E-state index contributed by atoms with van der Waals surface area (Å²) < 4.78 is 86.7. The second kappa shape index (κ2) is 9.05. The van der Waals surface area contributed by atoms with Crippen LogP contribution in [0.2, 0.25) is 0 Å². The van der Waals surface area contributed by atoms with Crippen molar-refractivity contribution in [3.05, 3.63) is 59.9 Å². The Bertz CT molecular complexity index is 839. The summed E-state index contributed by atoms with van der Waals surface area (Å²) in [6.07, 6.45) is -4.48. The number of sulfonamides is 1. The van der Waals surface area contributed by atoms with Crippen LogP contribution in [0.4, 0.5) is 17.6 Å². The van der Waals surface area contributed by atoms with Gasteiger partial charge in [0.05, 0.1) is 11.3 Å². The van der Waals surface area contributed by atoms with Crippen molar-refractivity contribution in [1.82, 2.24) is 4.72 Å². The number of nitrogens with one attached hydrogen (secondary N) is 1. The van der Waals surface area contributed by atoms with Crippen molar-refractivity contribution in [2.75, 3.05) is 25.5 Å². The molecule has 0 atom stereocenters. The summed E-state index contributed by atoms with van der Waals surface area (Å²) in [5.74, 6) is -0.450. The first-order valence-electron chi connectivity index (χ1n) is 7.81. The molecule has 0 saturated carbocycles. The summed E-state index contributed by atoms with van der Waals surface area (Å²) in [6.45, 7) is -0.399. The highest BCUT2D eigenvalue weighted by molar-refractivity contribution is 7.89. The largest absolute Gasteiger partial charge is 0.492 e. The van der Waals surface area contributed by atoms with Crippen LogP contribution in [0.25, 0.3) is 0 Å². The Labute approximate surface area is 154 Å². The van der Waals surface area contributed by atoms with E-state index in [2.05, 4.69) is 4.72 Å². The summed E-state index contributed by atoms with van der Waals surface area (Å²) >= 11 is 0. The van der Waals surface area contributed by atoms with Crippen LogP contribution in [-0.4, -0.2) is 33.9 Å². The van der Waals surface area contributed by atoms with Crippen molar-refractivity contribution >= 4 is 10.0 Å². The third-order valence-electron chi connectivity index (χ3n) is 3.29. The standard InChI is InChI=1S/C17H17F4NO4S/c18-14-4-6-15(7-5-14)26-10-11-27(23,24)22-8-9-25-16-3-1-2-13(12-16)17(19,20)21/h1-7,12,22H,8-11H2. The Balaban J connectivity index is 1.71. The molecule has 0 spiro atoms. The van der Waals surface area contributed by atoms with Gasteiger partial charge in [0.1, 0.15) is 30.5 Å². The molecule has 1 N–H and O–H groups in total. The van der Waals surface area contributed by atoms with Crippen molar-refractivity contribution in [2.45, 2.75) is 6.18 Å². The molecule has 0 aromatic heterocycles. The minimum absolute atomic E-state index is 0.0105. The summed E-state index contributed by atoms with van der Waals surface area (Å²) in [5.41, 5.74) is -0.849. The first kappa shape index (κ1) is 21.0. The van der Waals surface area contributed by atoms with E-state index >= 15 is 0 Å². The molecule has 2 aromatic rings. The lowest BCUT2D eigenvalue weighted by atomic mass is 10.2. The van der Waals surface area contributed by atoms with Crippen LogP contribution in [0.15, 0.2) is 48.5 Å². The van der Waals surface area contributed by atoms with Crippen molar-refractivity contribution in [3.63, 3.8) is 0 Å². The molecule has 0 radical (unpaired) electrons. The molecule has 2 rings (SSSR count). The second-order valence-corrected chi connectivity index (χ2v) is 7.32. The second-order valence-electron chi connectivity index (χ2n) is 5.39. The van der Waals surface area contributed by atoms with Crippen LogP contribution < -0.4 is 14.2 Å². The van der Waals surface area contributed by atoms with E-state index in [9.17, 15) is 26.0 Å². The van der Waals surface area contributed by atoms with E-state index in [0.717, 1.165) is 12.1 Å². The summed E-state index contributed by atoms with van der Waals surface area (Å²) in [5, 5.41) is 0. The average Bonchev–Trinajstić information content (AvgIpc) is 2.60. The highest BCUT2D eigenvalue weighted by Crippen LogP contribution is 2.31. The van der Waals surface area contributed by atoms with Gasteiger partial charge >= 0.3 is 6.18 Å². The van der Waals surface area contributed by atoms with Gasteiger partial charge in [0.25, 0.3) is 0 Å². The van der Waals surface area contributed by atoms with Gasteiger partial charge in [-0.15, -0.1) is 0 Å². The van der Waals surface area contributed by atoms with Gasteiger partial charge in [0, 0.05) is 6.54 Å². The molecule has 0 aliphatic carbocycles. The van der Waals surface area contributed by atoms with Crippen LogP contribution in [0.3, 0.4) is 0 Å². The van der Waals surface area contributed by atoms with E-state index in [1.54, 1.807) is 0 Å². The van der Waals surface area contributed by atoms with Crippen molar-refractivity contribution in [1.29, 1.82) is 0 Å². The fourth-order valence-electron chi connectivity index (χ4n) is 2.00. The molecule has 27 heavy (non-hydrogen) atoms. The van der Waals surface area contributed by atoms with Gasteiger partial charge in [-0.05, 0) is 42.5 Å². The number of halogens is 4. The first-order chi connectivity index (χ1) is 12.7. The molecule has 0 amide bonds. The zero-order valence-corrected chi connectivity index (χ0v) is 14.8. The monoisotopic (exact) mass is 407 g/mol. The first-order valence-corrected chi connectivity index (χ1v) is 9.47. The van der Waals surface area contributed by atoms with Gasteiger partial charge in [0.2, 0.25) is 10.0 Å². The lowest BCUT2D eigenvalue weighted by molar-refractivity contribution is -0.137. The Kier molecular flexibility index (Phi) is 7.03. The Morgan fingerprint density at radius 3 is 2.26 bits per heavy atom. The minimum atomic E-state index is -4.48. The van der Waals surface area contributed by atoms with Crippen LogP contribution in [0.1, 0.15) is 5.56 Å². The number of hydrogen-bond donors (Lipinski definition) is 1. The van der Waals surface area contributed by atoms with Gasteiger partial charge in [-0.25, -0.2) is 17.5 Å². The molecule has 0 unspecified atom stereocenters. The van der Waals surface area contributed by atoms with Crippen LogP contribution >= 0.6 is 0 Å². The quantitative estimate of drug-likeness (QED) is 0.512. The molecule has 148 valence electrons.